The third kappa shape index (κ3) is 3.74. The molecule has 2 rings (SSSR count). The maximum atomic E-state index is 12.1. The van der Waals surface area contributed by atoms with Crippen LogP contribution in [0.2, 0.25) is 0 Å². The minimum absolute atomic E-state index is 0.00685. The van der Waals surface area contributed by atoms with E-state index in [0.717, 1.165) is 10.5 Å². The minimum Gasteiger partial charge on any atom is -0.298 e. The minimum atomic E-state index is -0.00685. The van der Waals surface area contributed by atoms with E-state index in [4.69, 9.17) is 0 Å². The number of thioether (sulfide) groups is 1. The number of benzene rings is 2. The summed E-state index contributed by atoms with van der Waals surface area (Å²) < 4.78 is 0. The number of hydrogen-bond donors (Lipinski definition) is 0. The summed E-state index contributed by atoms with van der Waals surface area (Å²) in [6.07, 6.45) is 0.516. The van der Waals surface area contributed by atoms with E-state index >= 15 is 0 Å². The SMILES string of the molecule is CC(Sc1ccccc1)C(=O)Cc1ccccc1. The van der Waals surface area contributed by atoms with Gasteiger partial charge < -0.3 is 0 Å². The van der Waals surface area contributed by atoms with Gasteiger partial charge >= 0.3 is 0 Å². The lowest BCUT2D eigenvalue weighted by Gasteiger charge is -2.10. The highest BCUT2D eigenvalue weighted by atomic mass is 32.2. The first kappa shape index (κ1) is 12.9. The van der Waals surface area contributed by atoms with E-state index in [-0.39, 0.29) is 11.0 Å². The van der Waals surface area contributed by atoms with E-state index in [1.165, 1.54) is 0 Å². The van der Waals surface area contributed by atoms with Gasteiger partial charge in [-0.05, 0) is 24.6 Å². The van der Waals surface area contributed by atoms with Gasteiger partial charge in [0.1, 0.15) is 5.78 Å². The fourth-order valence-corrected chi connectivity index (χ4v) is 2.65. The van der Waals surface area contributed by atoms with Crippen LogP contribution in [0.3, 0.4) is 0 Å². The van der Waals surface area contributed by atoms with E-state index < -0.39 is 0 Å². The Morgan fingerprint density at radius 3 is 2.17 bits per heavy atom. The molecule has 0 aromatic heterocycles. The molecule has 1 nitrogen and oxygen atoms in total. The maximum absolute atomic E-state index is 12.1. The first-order chi connectivity index (χ1) is 8.75. The van der Waals surface area contributed by atoms with Crippen molar-refractivity contribution in [3.8, 4) is 0 Å². The van der Waals surface area contributed by atoms with Crippen LogP contribution in [0.15, 0.2) is 65.6 Å². The monoisotopic (exact) mass is 256 g/mol. The van der Waals surface area contributed by atoms with Gasteiger partial charge in [-0.3, -0.25) is 4.79 Å². The third-order valence-corrected chi connectivity index (χ3v) is 3.89. The Balaban J connectivity index is 1.93. The molecule has 0 amide bonds. The summed E-state index contributed by atoms with van der Waals surface area (Å²) in [5.74, 6) is 0.273. The molecule has 0 aliphatic carbocycles. The Labute approximate surface area is 112 Å². The molecule has 18 heavy (non-hydrogen) atoms. The predicted molar refractivity (Wildman–Crippen MR) is 76.9 cm³/mol. The molecule has 2 aromatic carbocycles. The molecule has 92 valence electrons. The van der Waals surface area contributed by atoms with Gasteiger partial charge in [-0.1, -0.05) is 48.5 Å². The number of Topliss-reactive ketones (excluding diaryl/α,β-unsaturated/α-hetero) is 1. The Morgan fingerprint density at radius 1 is 1.00 bits per heavy atom. The van der Waals surface area contributed by atoms with E-state index in [1.807, 2.05) is 67.6 Å². The van der Waals surface area contributed by atoms with Crippen LogP contribution in [0.1, 0.15) is 12.5 Å². The van der Waals surface area contributed by atoms with E-state index in [1.54, 1.807) is 11.8 Å². The van der Waals surface area contributed by atoms with Crippen molar-refractivity contribution in [1.29, 1.82) is 0 Å². The molecule has 2 aromatic rings. The van der Waals surface area contributed by atoms with Crippen molar-refractivity contribution in [2.75, 3.05) is 0 Å². The molecular formula is C16H16OS. The molecular weight excluding hydrogens is 240 g/mol. The van der Waals surface area contributed by atoms with Gasteiger partial charge in [0.15, 0.2) is 0 Å². The number of rotatable bonds is 5. The van der Waals surface area contributed by atoms with Crippen LogP contribution in [0.25, 0.3) is 0 Å². The standard InChI is InChI=1S/C16H16OS/c1-13(18-15-10-6-3-7-11-15)16(17)12-14-8-4-2-5-9-14/h2-11,13H,12H2,1H3. The van der Waals surface area contributed by atoms with Crippen molar-refractivity contribution in [3.05, 3.63) is 66.2 Å². The summed E-state index contributed by atoms with van der Waals surface area (Å²) in [5.41, 5.74) is 1.09. The molecule has 0 fully saturated rings. The highest BCUT2D eigenvalue weighted by molar-refractivity contribution is 8.00. The summed E-state index contributed by atoms with van der Waals surface area (Å²) in [5, 5.41) is -0.00685. The van der Waals surface area contributed by atoms with Crippen LogP contribution in [0.5, 0.6) is 0 Å². The second kappa shape index (κ2) is 6.41. The van der Waals surface area contributed by atoms with Crippen LogP contribution in [0, 0.1) is 0 Å². The lowest BCUT2D eigenvalue weighted by Crippen LogP contribution is -2.15. The molecule has 0 aliphatic heterocycles. The third-order valence-electron chi connectivity index (χ3n) is 2.73. The molecule has 0 spiro atoms. The second-order valence-corrected chi connectivity index (χ2v) is 5.62. The van der Waals surface area contributed by atoms with Crippen molar-refractivity contribution < 1.29 is 4.79 Å². The van der Waals surface area contributed by atoms with Gasteiger partial charge in [-0.2, -0.15) is 0 Å². The van der Waals surface area contributed by atoms with E-state index in [2.05, 4.69) is 0 Å². The number of hydrogen-bond acceptors (Lipinski definition) is 2. The lowest BCUT2D eigenvalue weighted by atomic mass is 10.1. The van der Waals surface area contributed by atoms with Gasteiger partial charge in [-0.25, -0.2) is 0 Å². The zero-order valence-electron chi connectivity index (χ0n) is 10.4. The van der Waals surface area contributed by atoms with Crippen molar-refractivity contribution in [3.63, 3.8) is 0 Å². The molecule has 1 atom stereocenters. The van der Waals surface area contributed by atoms with Crippen LogP contribution in [0.4, 0.5) is 0 Å². The molecule has 0 radical (unpaired) electrons. The fraction of sp³-hybridized carbons (Fsp3) is 0.188. The Morgan fingerprint density at radius 2 is 1.56 bits per heavy atom. The average Bonchev–Trinajstić information content (AvgIpc) is 2.41. The van der Waals surface area contributed by atoms with Gasteiger partial charge in [0.25, 0.3) is 0 Å². The zero-order chi connectivity index (χ0) is 12.8. The largest absolute Gasteiger partial charge is 0.298 e. The molecule has 0 aliphatic rings. The van der Waals surface area contributed by atoms with Crippen molar-refractivity contribution >= 4 is 17.5 Å². The fourth-order valence-electron chi connectivity index (χ4n) is 1.71. The summed E-state index contributed by atoms with van der Waals surface area (Å²) in [4.78, 5) is 13.2. The summed E-state index contributed by atoms with van der Waals surface area (Å²) in [6.45, 7) is 1.98. The first-order valence-corrected chi connectivity index (χ1v) is 6.92. The van der Waals surface area contributed by atoms with Gasteiger partial charge in [0.05, 0.1) is 5.25 Å². The number of carbonyl (C=O) groups is 1. The molecule has 2 heteroatoms. The van der Waals surface area contributed by atoms with Crippen LogP contribution >= 0.6 is 11.8 Å². The van der Waals surface area contributed by atoms with Gasteiger partial charge in [0, 0.05) is 11.3 Å². The number of ketones is 1. The van der Waals surface area contributed by atoms with Crippen LogP contribution in [-0.2, 0) is 11.2 Å². The normalized spacial score (nSPS) is 12.1. The highest BCUT2D eigenvalue weighted by Crippen LogP contribution is 2.24. The van der Waals surface area contributed by atoms with Crippen LogP contribution < -0.4 is 0 Å². The lowest BCUT2D eigenvalue weighted by molar-refractivity contribution is -0.117. The molecule has 0 saturated heterocycles. The predicted octanol–water partition coefficient (Wildman–Crippen LogP) is 3.98. The summed E-state index contributed by atoms with van der Waals surface area (Å²) >= 11 is 1.62. The van der Waals surface area contributed by atoms with Crippen molar-refractivity contribution in [2.24, 2.45) is 0 Å². The second-order valence-electron chi connectivity index (χ2n) is 4.20. The molecule has 1 unspecified atom stereocenters. The molecule has 0 bridgehead atoms. The van der Waals surface area contributed by atoms with Crippen molar-refractivity contribution in [2.45, 2.75) is 23.5 Å². The van der Waals surface area contributed by atoms with E-state index in [0.29, 0.717) is 6.42 Å². The Bertz CT molecular complexity index is 493. The van der Waals surface area contributed by atoms with Gasteiger partial charge in [-0.15, -0.1) is 11.8 Å². The Kier molecular flexibility index (Phi) is 4.59. The molecule has 0 N–H and O–H groups in total. The average molecular weight is 256 g/mol. The zero-order valence-corrected chi connectivity index (χ0v) is 11.2. The van der Waals surface area contributed by atoms with Crippen LogP contribution in [-0.4, -0.2) is 11.0 Å². The smallest absolute Gasteiger partial charge is 0.150 e. The van der Waals surface area contributed by atoms with E-state index in [9.17, 15) is 4.79 Å². The molecule has 0 heterocycles. The molecule has 0 saturated carbocycles. The topological polar surface area (TPSA) is 17.1 Å². The first-order valence-electron chi connectivity index (χ1n) is 6.04. The quantitative estimate of drug-likeness (QED) is 0.753. The highest BCUT2D eigenvalue weighted by Gasteiger charge is 2.14. The van der Waals surface area contributed by atoms with Crippen molar-refractivity contribution in [1.82, 2.24) is 0 Å². The summed E-state index contributed by atoms with van der Waals surface area (Å²) in [7, 11) is 0. The van der Waals surface area contributed by atoms with Gasteiger partial charge in [0.2, 0.25) is 0 Å². The maximum Gasteiger partial charge on any atom is 0.150 e. The number of carbonyl (C=O) groups excluding carboxylic acids is 1. The Hall–Kier alpha value is -1.54. The summed E-state index contributed by atoms with van der Waals surface area (Å²) in [6, 6.07) is 20.0.